The van der Waals surface area contributed by atoms with Crippen molar-refractivity contribution in [1.82, 2.24) is 4.31 Å². The van der Waals surface area contributed by atoms with E-state index in [4.69, 9.17) is 0 Å². The molecule has 1 aliphatic rings. The zero-order valence-corrected chi connectivity index (χ0v) is 13.6. The standard InChI is InChI=1S/C18H21NO2S/c1-15-8-5-6-13-19(15)22(20,21)18-12-7-11-17(14-18)16-9-3-2-4-10-16/h2-4,7,9-12,14-15H,5-6,8,13H2,1H3. The van der Waals surface area contributed by atoms with Crippen LogP contribution in [0.4, 0.5) is 0 Å². The van der Waals surface area contributed by atoms with E-state index >= 15 is 0 Å². The number of rotatable bonds is 3. The minimum Gasteiger partial charge on any atom is -0.207 e. The Morgan fingerprint density at radius 2 is 1.68 bits per heavy atom. The zero-order chi connectivity index (χ0) is 15.6. The Kier molecular flexibility index (Phi) is 4.32. The summed E-state index contributed by atoms with van der Waals surface area (Å²) in [5, 5.41) is 0. The molecule has 0 spiro atoms. The van der Waals surface area contributed by atoms with E-state index in [1.807, 2.05) is 49.4 Å². The first-order valence-corrected chi connectivity index (χ1v) is 9.20. The second-order valence-electron chi connectivity index (χ2n) is 5.85. The monoisotopic (exact) mass is 315 g/mol. The minimum atomic E-state index is -3.41. The van der Waals surface area contributed by atoms with Gasteiger partial charge in [0.05, 0.1) is 4.90 Å². The van der Waals surface area contributed by atoms with E-state index in [0.717, 1.165) is 30.4 Å². The molecule has 3 nitrogen and oxygen atoms in total. The molecule has 1 saturated heterocycles. The number of sulfonamides is 1. The second kappa shape index (κ2) is 6.23. The lowest BCUT2D eigenvalue weighted by Crippen LogP contribution is -2.41. The summed E-state index contributed by atoms with van der Waals surface area (Å²) < 4.78 is 27.5. The number of nitrogens with zero attached hydrogens (tertiary/aromatic N) is 1. The first kappa shape index (κ1) is 15.3. The summed E-state index contributed by atoms with van der Waals surface area (Å²) in [6.45, 7) is 2.62. The van der Waals surface area contributed by atoms with Gasteiger partial charge in [0, 0.05) is 12.6 Å². The van der Waals surface area contributed by atoms with Gasteiger partial charge in [0.2, 0.25) is 10.0 Å². The van der Waals surface area contributed by atoms with Crippen molar-refractivity contribution in [2.75, 3.05) is 6.54 Å². The molecule has 1 atom stereocenters. The number of benzene rings is 2. The van der Waals surface area contributed by atoms with Gasteiger partial charge >= 0.3 is 0 Å². The molecule has 0 radical (unpaired) electrons. The average Bonchev–Trinajstić information content (AvgIpc) is 2.56. The van der Waals surface area contributed by atoms with E-state index in [0.29, 0.717) is 11.4 Å². The molecule has 2 aromatic carbocycles. The highest BCUT2D eigenvalue weighted by Crippen LogP contribution is 2.28. The van der Waals surface area contributed by atoms with Gasteiger partial charge in [-0.25, -0.2) is 8.42 Å². The summed E-state index contributed by atoms with van der Waals surface area (Å²) in [7, 11) is -3.41. The Hall–Kier alpha value is -1.65. The predicted octanol–water partition coefficient (Wildman–Crippen LogP) is 3.92. The molecule has 2 aromatic rings. The number of piperidine rings is 1. The quantitative estimate of drug-likeness (QED) is 0.861. The molecule has 0 bridgehead atoms. The molecule has 4 heteroatoms. The predicted molar refractivity (Wildman–Crippen MR) is 89.1 cm³/mol. The third-order valence-electron chi connectivity index (χ3n) is 4.29. The number of hydrogen-bond donors (Lipinski definition) is 0. The molecule has 1 aliphatic heterocycles. The van der Waals surface area contributed by atoms with E-state index < -0.39 is 10.0 Å². The van der Waals surface area contributed by atoms with Gasteiger partial charge in [0.1, 0.15) is 0 Å². The Labute approximate surface area is 132 Å². The SMILES string of the molecule is CC1CCCCN1S(=O)(=O)c1cccc(-c2ccccc2)c1. The molecule has 1 heterocycles. The van der Waals surface area contributed by atoms with Crippen LogP contribution < -0.4 is 0 Å². The van der Waals surface area contributed by atoms with Crippen molar-refractivity contribution < 1.29 is 8.42 Å². The first-order valence-electron chi connectivity index (χ1n) is 7.76. The summed E-state index contributed by atoms with van der Waals surface area (Å²) in [4.78, 5) is 0.391. The van der Waals surface area contributed by atoms with Gasteiger partial charge in [0.15, 0.2) is 0 Å². The normalized spacial score (nSPS) is 20.0. The van der Waals surface area contributed by atoms with Crippen LogP contribution in [0.15, 0.2) is 59.5 Å². The van der Waals surface area contributed by atoms with Crippen LogP contribution in [0.1, 0.15) is 26.2 Å². The Morgan fingerprint density at radius 3 is 2.41 bits per heavy atom. The molecule has 0 aliphatic carbocycles. The van der Waals surface area contributed by atoms with Gasteiger partial charge in [-0.2, -0.15) is 4.31 Å². The Morgan fingerprint density at radius 1 is 0.955 bits per heavy atom. The van der Waals surface area contributed by atoms with Crippen LogP contribution >= 0.6 is 0 Å². The maximum absolute atomic E-state index is 12.9. The first-order chi connectivity index (χ1) is 10.6. The van der Waals surface area contributed by atoms with Gasteiger partial charge in [0.25, 0.3) is 0 Å². The van der Waals surface area contributed by atoms with Crippen LogP contribution in [-0.4, -0.2) is 25.3 Å². The highest BCUT2D eigenvalue weighted by atomic mass is 32.2. The summed E-state index contributed by atoms with van der Waals surface area (Å²) in [6.07, 6.45) is 3.00. The third-order valence-corrected chi connectivity index (χ3v) is 6.30. The molecule has 1 fully saturated rings. The molecule has 22 heavy (non-hydrogen) atoms. The molecular weight excluding hydrogens is 294 g/mol. The van der Waals surface area contributed by atoms with E-state index in [9.17, 15) is 8.42 Å². The van der Waals surface area contributed by atoms with Gasteiger partial charge in [-0.1, -0.05) is 48.9 Å². The van der Waals surface area contributed by atoms with Crippen molar-refractivity contribution >= 4 is 10.0 Å². The van der Waals surface area contributed by atoms with Gasteiger partial charge in [-0.05, 0) is 43.0 Å². The smallest absolute Gasteiger partial charge is 0.207 e. The molecular formula is C18H21NO2S. The maximum atomic E-state index is 12.9. The van der Waals surface area contributed by atoms with Crippen molar-refractivity contribution in [2.45, 2.75) is 37.1 Å². The molecule has 0 saturated carbocycles. The molecule has 116 valence electrons. The number of hydrogen-bond acceptors (Lipinski definition) is 2. The Balaban J connectivity index is 1.98. The average molecular weight is 315 g/mol. The van der Waals surface area contributed by atoms with Gasteiger partial charge < -0.3 is 0 Å². The molecule has 3 rings (SSSR count). The van der Waals surface area contributed by atoms with E-state index in [1.54, 1.807) is 16.4 Å². The van der Waals surface area contributed by atoms with Crippen molar-refractivity contribution in [3.8, 4) is 11.1 Å². The second-order valence-corrected chi connectivity index (χ2v) is 7.74. The molecule has 0 aromatic heterocycles. The lowest BCUT2D eigenvalue weighted by molar-refractivity contribution is 0.268. The summed E-state index contributed by atoms with van der Waals surface area (Å²) >= 11 is 0. The van der Waals surface area contributed by atoms with Crippen molar-refractivity contribution in [3.05, 3.63) is 54.6 Å². The highest BCUT2D eigenvalue weighted by Gasteiger charge is 2.30. The molecule has 1 unspecified atom stereocenters. The van der Waals surface area contributed by atoms with Crippen LogP contribution in [0.3, 0.4) is 0 Å². The van der Waals surface area contributed by atoms with E-state index in [2.05, 4.69) is 0 Å². The summed E-state index contributed by atoms with van der Waals surface area (Å²) in [5.41, 5.74) is 1.97. The summed E-state index contributed by atoms with van der Waals surface area (Å²) in [6, 6.07) is 17.2. The minimum absolute atomic E-state index is 0.0825. The van der Waals surface area contributed by atoms with Crippen LogP contribution in [0.5, 0.6) is 0 Å². The molecule has 0 amide bonds. The zero-order valence-electron chi connectivity index (χ0n) is 12.8. The van der Waals surface area contributed by atoms with E-state index in [1.165, 1.54) is 0 Å². The fourth-order valence-electron chi connectivity index (χ4n) is 3.03. The lowest BCUT2D eigenvalue weighted by atomic mass is 10.1. The largest absolute Gasteiger partial charge is 0.243 e. The maximum Gasteiger partial charge on any atom is 0.243 e. The Bertz CT molecular complexity index is 741. The fraction of sp³-hybridized carbons (Fsp3) is 0.333. The van der Waals surface area contributed by atoms with E-state index in [-0.39, 0.29) is 6.04 Å². The molecule has 0 N–H and O–H groups in total. The summed E-state index contributed by atoms with van der Waals surface area (Å²) in [5.74, 6) is 0. The lowest BCUT2D eigenvalue weighted by Gasteiger charge is -2.32. The highest BCUT2D eigenvalue weighted by molar-refractivity contribution is 7.89. The van der Waals surface area contributed by atoms with Crippen LogP contribution in [-0.2, 0) is 10.0 Å². The van der Waals surface area contributed by atoms with Crippen molar-refractivity contribution in [2.24, 2.45) is 0 Å². The van der Waals surface area contributed by atoms with Crippen molar-refractivity contribution in [1.29, 1.82) is 0 Å². The van der Waals surface area contributed by atoms with Crippen molar-refractivity contribution in [3.63, 3.8) is 0 Å². The van der Waals surface area contributed by atoms with Crippen LogP contribution in [0.25, 0.3) is 11.1 Å². The third kappa shape index (κ3) is 2.94. The van der Waals surface area contributed by atoms with Crippen LogP contribution in [0.2, 0.25) is 0 Å². The van der Waals surface area contributed by atoms with Crippen LogP contribution in [0, 0.1) is 0 Å². The topological polar surface area (TPSA) is 37.4 Å². The fourth-order valence-corrected chi connectivity index (χ4v) is 4.78. The van der Waals surface area contributed by atoms with Gasteiger partial charge in [-0.3, -0.25) is 0 Å². The van der Waals surface area contributed by atoms with Gasteiger partial charge in [-0.15, -0.1) is 0 Å².